The van der Waals surface area contributed by atoms with Gasteiger partial charge in [0.1, 0.15) is 5.82 Å². The second kappa shape index (κ2) is 10.7. The number of ether oxygens (including phenoxy) is 1. The molecular formula is C26H27ClN4O4. The van der Waals surface area contributed by atoms with E-state index in [9.17, 15) is 14.4 Å². The first-order valence-electron chi connectivity index (χ1n) is 11.6. The lowest BCUT2D eigenvalue weighted by atomic mass is 9.97. The summed E-state index contributed by atoms with van der Waals surface area (Å²) in [4.78, 5) is 39.3. The normalized spacial score (nSPS) is 15.5. The number of aromatic nitrogens is 2. The molecule has 2 aromatic carbocycles. The third-order valence-electron chi connectivity index (χ3n) is 5.97. The molecule has 1 aliphatic heterocycles. The van der Waals surface area contributed by atoms with Crippen LogP contribution in [0, 0.1) is 12.8 Å². The molecule has 1 amide bonds. The van der Waals surface area contributed by atoms with Crippen molar-refractivity contribution in [2.45, 2.75) is 26.7 Å². The molecule has 1 aliphatic rings. The van der Waals surface area contributed by atoms with Crippen LogP contribution in [0.15, 0.2) is 59.4 Å². The minimum absolute atomic E-state index is 0.0998. The average Bonchev–Trinajstić information content (AvgIpc) is 2.87. The summed E-state index contributed by atoms with van der Waals surface area (Å²) < 4.78 is 6.32. The number of hydrogen-bond donors (Lipinski definition) is 1. The van der Waals surface area contributed by atoms with E-state index in [-0.39, 0.29) is 17.4 Å². The highest BCUT2D eigenvalue weighted by Crippen LogP contribution is 2.24. The lowest BCUT2D eigenvalue weighted by Gasteiger charge is -2.33. The van der Waals surface area contributed by atoms with Gasteiger partial charge in [0.25, 0.3) is 5.56 Å². The molecule has 0 bridgehead atoms. The van der Waals surface area contributed by atoms with E-state index in [1.54, 1.807) is 49.4 Å². The number of nitrogens with zero attached hydrogens (tertiary/aromatic N) is 3. The third kappa shape index (κ3) is 5.71. The Balaban J connectivity index is 1.46. The first-order chi connectivity index (χ1) is 16.9. The van der Waals surface area contributed by atoms with Crippen LogP contribution >= 0.6 is 11.6 Å². The van der Waals surface area contributed by atoms with Gasteiger partial charge in [0, 0.05) is 29.9 Å². The molecule has 2 heterocycles. The maximum absolute atomic E-state index is 13.0. The molecule has 4 rings (SSSR count). The smallest absolute Gasteiger partial charge is 0.338 e. The molecule has 9 heteroatoms. The van der Waals surface area contributed by atoms with Crippen LogP contribution in [-0.4, -0.2) is 41.4 Å². The van der Waals surface area contributed by atoms with Crippen molar-refractivity contribution in [3.05, 3.63) is 81.1 Å². The quantitative estimate of drug-likeness (QED) is 0.515. The molecule has 1 saturated heterocycles. The predicted octanol–water partition coefficient (Wildman–Crippen LogP) is 4.23. The Morgan fingerprint density at radius 1 is 1.14 bits per heavy atom. The van der Waals surface area contributed by atoms with Gasteiger partial charge in [0.05, 0.1) is 23.8 Å². The van der Waals surface area contributed by atoms with Gasteiger partial charge < -0.3 is 15.0 Å². The Hall–Kier alpha value is -3.65. The summed E-state index contributed by atoms with van der Waals surface area (Å²) >= 11 is 6.24. The Morgan fingerprint density at radius 2 is 1.91 bits per heavy atom. The molecule has 1 aromatic heterocycles. The minimum atomic E-state index is -0.393. The molecule has 0 spiro atoms. The van der Waals surface area contributed by atoms with Crippen molar-refractivity contribution >= 4 is 35.0 Å². The number of piperidine rings is 1. The highest BCUT2D eigenvalue weighted by molar-refractivity contribution is 6.31. The Kier molecular flexibility index (Phi) is 7.51. The van der Waals surface area contributed by atoms with Crippen LogP contribution in [0.4, 0.5) is 11.5 Å². The molecule has 3 aromatic rings. The second-order valence-corrected chi connectivity index (χ2v) is 8.85. The zero-order chi connectivity index (χ0) is 24.9. The summed E-state index contributed by atoms with van der Waals surface area (Å²) in [6, 6.07) is 15.2. The van der Waals surface area contributed by atoms with Gasteiger partial charge in [0.2, 0.25) is 5.91 Å². The minimum Gasteiger partial charge on any atom is -0.462 e. The largest absolute Gasteiger partial charge is 0.462 e. The van der Waals surface area contributed by atoms with Crippen molar-refractivity contribution in [3.8, 4) is 5.69 Å². The second-order valence-electron chi connectivity index (χ2n) is 8.45. The first-order valence-corrected chi connectivity index (χ1v) is 11.9. The van der Waals surface area contributed by atoms with Crippen LogP contribution in [-0.2, 0) is 9.53 Å². The first kappa shape index (κ1) is 24.5. The van der Waals surface area contributed by atoms with E-state index in [0.717, 1.165) is 24.9 Å². The molecule has 35 heavy (non-hydrogen) atoms. The van der Waals surface area contributed by atoms with Crippen LogP contribution in [0.1, 0.15) is 35.7 Å². The number of benzene rings is 2. The van der Waals surface area contributed by atoms with Crippen molar-refractivity contribution < 1.29 is 14.3 Å². The van der Waals surface area contributed by atoms with Gasteiger partial charge >= 0.3 is 5.97 Å². The number of halogens is 1. The number of carbonyl (C=O) groups is 2. The van der Waals surface area contributed by atoms with E-state index in [1.807, 2.05) is 17.9 Å². The van der Waals surface area contributed by atoms with E-state index in [2.05, 4.69) is 10.4 Å². The van der Waals surface area contributed by atoms with E-state index in [1.165, 1.54) is 10.7 Å². The summed E-state index contributed by atoms with van der Waals surface area (Å²) in [6.45, 7) is 5.17. The SMILES string of the molecule is CCOC(=O)c1ccc(NC(=O)[C@H]2CCCN(c3ccc(=O)n(-c4ccc(C)c(Cl)c4)n3)C2)cc1. The standard InChI is InChI=1S/C26H27ClN4O4/c1-3-35-26(34)18-7-9-20(10-8-18)28-25(33)19-5-4-14-30(16-19)23-12-13-24(32)31(29-23)21-11-6-17(2)22(27)15-21/h6-13,15,19H,3-5,14,16H2,1-2H3,(H,28,33)/t19-/m0/s1. The molecule has 0 saturated carbocycles. The number of esters is 1. The van der Waals surface area contributed by atoms with Crippen molar-refractivity contribution in [3.63, 3.8) is 0 Å². The number of rotatable bonds is 6. The monoisotopic (exact) mass is 494 g/mol. The lowest BCUT2D eigenvalue weighted by molar-refractivity contribution is -0.120. The maximum atomic E-state index is 13.0. The summed E-state index contributed by atoms with van der Waals surface area (Å²) in [5.41, 5.74) is 2.30. The number of aryl methyl sites for hydroxylation is 1. The molecular weight excluding hydrogens is 468 g/mol. The zero-order valence-electron chi connectivity index (χ0n) is 19.7. The molecule has 8 nitrogen and oxygen atoms in total. The molecule has 182 valence electrons. The summed E-state index contributed by atoms with van der Waals surface area (Å²) in [5.74, 6) is -0.116. The van der Waals surface area contributed by atoms with Gasteiger partial charge in [-0.1, -0.05) is 17.7 Å². The molecule has 0 unspecified atom stereocenters. The maximum Gasteiger partial charge on any atom is 0.338 e. The predicted molar refractivity (Wildman–Crippen MR) is 136 cm³/mol. The van der Waals surface area contributed by atoms with Gasteiger partial charge in [0.15, 0.2) is 0 Å². The Morgan fingerprint density at radius 3 is 2.63 bits per heavy atom. The van der Waals surface area contributed by atoms with E-state index >= 15 is 0 Å². The van der Waals surface area contributed by atoms with Crippen LogP contribution in [0.3, 0.4) is 0 Å². The van der Waals surface area contributed by atoms with Crippen molar-refractivity contribution in [1.29, 1.82) is 0 Å². The number of hydrogen-bond acceptors (Lipinski definition) is 6. The fourth-order valence-corrected chi connectivity index (χ4v) is 4.19. The fourth-order valence-electron chi connectivity index (χ4n) is 4.02. The summed E-state index contributed by atoms with van der Waals surface area (Å²) in [7, 11) is 0. The van der Waals surface area contributed by atoms with Gasteiger partial charge in [-0.05, 0) is 74.7 Å². The van der Waals surface area contributed by atoms with Crippen LogP contribution in [0.5, 0.6) is 0 Å². The zero-order valence-corrected chi connectivity index (χ0v) is 20.4. The van der Waals surface area contributed by atoms with E-state index < -0.39 is 5.97 Å². The molecule has 0 radical (unpaired) electrons. The van der Waals surface area contributed by atoms with Crippen LogP contribution in [0.25, 0.3) is 5.69 Å². The highest BCUT2D eigenvalue weighted by atomic mass is 35.5. The highest BCUT2D eigenvalue weighted by Gasteiger charge is 2.27. The van der Waals surface area contributed by atoms with Gasteiger partial charge in [-0.25, -0.2) is 4.79 Å². The fraction of sp³-hybridized carbons (Fsp3) is 0.308. The number of carbonyl (C=O) groups excluding carboxylic acids is 2. The summed E-state index contributed by atoms with van der Waals surface area (Å²) in [6.07, 6.45) is 1.56. The Labute approximate surface area is 208 Å². The average molecular weight is 495 g/mol. The topological polar surface area (TPSA) is 93.5 Å². The van der Waals surface area contributed by atoms with E-state index in [0.29, 0.717) is 40.9 Å². The number of nitrogens with one attached hydrogen (secondary N) is 1. The summed E-state index contributed by atoms with van der Waals surface area (Å²) in [5, 5.41) is 8.05. The van der Waals surface area contributed by atoms with Crippen molar-refractivity contribution in [2.24, 2.45) is 5.92 Å². The van der Waals surface area contributed by atoms with Crippen molar-refractivity contribution in [2.75, 3.05) is 29.9 Å². The van der Waals surface area contributed by atoms with Crippen LogP contribution < -0.4 is 15.8 Å². The van der Waals surface area contributed by atoms with Gasteiger partial charge in [-0.2, -0.15) is 4.68 Å². The molecule has 1 fully saturated rings. The lowest BCUT2D eigenvalue weighted by Crippen LogP contribution is -2.41. The molecule has 1 N–H and O–H groups in total. The molecule has 0 aliphatic carbocycles. The molecule has 1 atom stereocenters. The van der Waals surface area contributed by atoms with Crippen molar-refractivity contribution in [1.82, 2.24) is 9.78 Å². The number of amides is 1. The van der Waals surface area contributed by atoms with Crippen LogP contribution in [0.2, 0.25) is 5.02 Å². The van der Waals surface area contributed by atoms with Gasteiger partial charge in [-0.3, -0.25) is 9.59 Å². The Bertz CT molecular complexity index is 1290. The number of anilines is 2. The third-order valence-corrected chi connectivity index (χ3v) is 6.37. The van der Waals surface area contributed by atoms with Gasteiger partial charge in [-0.15, -0.1) is 5.10 Å². The van der Waals surface area contributed by atoms with E-state index in [4.69, 9.17) is 16.3 Å².